The van der Waals surface area contributed by atoms with Crippen molar-refractivity contribution in [3.05, 3.63) is 71.5 Å². The maximum absolute atomic E-state index is 6.48. The number of hydrogen-bond acceptors (Lipinski definition) is 6. The molecular formula is C24H31ClN6O. The summed E-state index contributed by atoms with van der Waals surface area (Å²) in [6, 6.07) is 9.70. The van der Waals surface area contributed by atoms with Gasteiger partial charge in [-0.15, -0.1) is 0 Å². The summed E-state index contributed by atoms with van der Waals surface area (Å²) in [5.74, 6) is 1.72. The van der Waals surface area contributed by atoms with E-state index in [1.54, 1.807) is 12.4 Å². The van der Waals surface area contributed by atoms with Crippen molar-refractivity contribution in [2.75, 3.05) is 44.2 Å². The second kappa shape index (κ2) is 10.4. The summed E-state index contributed by atoms with van der Waals surface area (Å²) in [4.78, 5) is 18.1. The van der Waals surface area contributed by atoms with E-state index < -0.39 is 5.60 Å². The van der Waals surface area contributed by atoms with Crippen molar-refractivity contribution in [3.63, 3.8) is 0 Å². The first-order chi connectivity index (χ1) is 15.6. The van der Waals surface area contributed by atoms with Gasteiger partial charge in [0, 0.05) is 69.6 Å². The number of benzene rings is 1. The van der Waals surface area contributed by atoms with E-state index in [0.717, 1.165) is 67.9 Å². The summed E-state index contributed by atoms with van der Waals surface area (Å²) in [5.41, 5.74) is 0.430. The van der Waals surface area contributed by atoms with Crippen molar-refractivity contribution >= 4 is 17.5 Å². The normalized spacial score (nSPS) is 16.8. The number of hydrogen-bond donors (Lipinski definition) is 0. The lowest BCUT2D eigenvalue weighted by Gasteiger charge is -2.34. The van der Waals surface area contributed by atoms with E-state index in [0.29, 0.717) is 6.61 Å². The van der Waals surface area contributed by atoms with E-state index in [9.17, 15) is 0 Å². The third-order valence-electron chi connectivity index (χ3n) is 6.11. The van der Waals surface area contributed by atoms with Gasteiger partial charge in [0.05, 0.1) is 0 Å². The number of rotatable bonds is 9. The van der Waals surface area contributed by atoms with Crippen LogP contribution in [0.2, 0.25) is 5.02 Å². The quantitative estimate of drug-likeness (QED) is 0.459. The van der Waals surface area contributed by atoms with Crippen molar-refractivity contribution < 1.29 is 4.74 Å². The van der Waals surface area contributed by atoms with Gasteiger partial charge in [-0.25, -0.2) is 15.0 Å². The topological polar surface area (TPSA) is 59.3 Å². The molecule has 0 amide bonds. The molecule has 0 aliphatic carbocycles. The maximum atomic E-state index is 6.48. The zero-order chi connectivity index (χ0) is 22.4. The third kappa shape index (κ3) is 5.28. The Labute approximate surface area is 195 Å². The van der Waals surface area contributed by atoms with Crippen molar-refractivity contribution in [1.82, 2.24) is 24.4 Å². The summed E-state index contributed by atoms with van der Waals surface area (Å²) in [6.45, 7) is 7.84. The monoisotopic (exact) mass is 454 g/mol. The molecule has 3 heterocycles. The lowest BCUT2D eigenvalue weighted by Crippen LogP contribution is -2.47. The van der Waals surface area contributed by atoms with E-state index in [2.05, 4.69) is 31.7 Å². The van der Waals surface area contributed by atoms with Crippen LogP contribution in [0.3, 0.4) is 0 Å². The molecule has 0 radical (unpaired) electrons. The van der Waals surface area contributed by atoms with Gasteiger partial charge in [0.15, 0.2) is 0 Å². The van der Waals surface area contributed by atoms with Crippen molar-refractivity contribution in [1.29, 1.82) is 0 Å². The van der Waals surface area contributed by atoms with Crippen molar-refractivity contribution in [2.24, 2.45) is 7.05 Å². The first-order valence-electron chi connectivity index (χ1n) is 11.2. The predicted octanol–water partition coefficient (Wildman–Crippen LogP) is 3.75. The van der Waals surface area contributed by atoms with E-state index in [1.807, 2.05) is 54.3 Å². The van der Waals surface area contributed by atoms with Gasteiger partial charge in [-0.2, -0.15) is 0 Å². The van der Waals surface area contributed by atoms with Crippen LogP contribution >= 0.6 is 11.6 Å². The predicted molar refractivity (Wildman–Crippen MR) is 127 cm³/mol. The highest BCUT2D eigenvalue weighted by Gasteiger charge is 2.33. The molecule has 0 saturated carbocycles. The number of aryl methyl sites for hydroxylation is 1. The summed E-state index contributed by atoms with van der Waals surface area (Å²) in [6.07, 6.45) is 9.46. The van der Waals surface area contributed by atoms with Gasteiger partial charge >= 0.3 is 0 Å². The Balaban J connectivity index is 1.26. The Morgan fingerprint density at radius 1 is 0.969 bits per heavy atom. The van der Waals surface area contributed by atoms with Gasteiger partial charge in [-0.05, 0) is 50.1 Å². The molecule has 8 heteroatoms. The molecule has 7 nitrogen and oxygen atoms in total. The molecule has 1 aliphatic heterocycles. The number of unbranched alkanes of at least 4 members (excludes halogenated alkanes) is 1. The Hall–Kier alpha value is -2.48. The highest BCUT2D eigenvalue weighted by atomic mass is 35.5. The molecule has 1 aromatic carbocycles. The minimum atomic E-state index is -0.621. The number of ether oxygens (including phenoxy) is 1. The minimum Gasteiger partial charge on any atom is -0.363 e. The van der Waals surface area contributed by atoms with Crippen LogP contribution in [0.25, 0.3) is 0 Å². The van der Waals surface area contributed by atoms with Crippen LogP contribution in [0.5, 0.6) is 0 Å². The Kier molecular flexibility index (Phi) is 7.40. The molecule has 0 N–H and O–H groups in total. The van der Waals surface area contributed by atoms with Crippen molar-refractivity contribution in [3.8, 4) is 0 Å². The summed E-state index contributed by atoms with van der Waals surface area (Å²) < 4.78 is 8.49. The summed E-state index contributed by atoms with van der Waals surface area (Å²) in [5, 5.41) is 0.717. The number of imidazole rings is 1. The lowest BCUT2D eigenvalue weighted by atomic mass is 9.94. The average molecular weight is 455 g/mol. The molecule has 0 spiro atoms. The van der Waals surface area contributed by atoms with Gasteiger partial charge in [0.25, 0.3) is 0 Å². The van der Waals surface area contributed by atoms with Crippen LogP contribution in [0.1, 0.15) is 31.2 Å². The molecule has 4 rings (SSSR count). The van der Waals surface area contributed by atoms with E-state index in [1.165, 1.54) is 0 Å². The zero-order valence-electron chi connectivity index (χ0n) is 18.8. The number of piperazine rings is 1. The minimum absolute atomic E-state index is 0.621. The first kappa shape index (κ1) is 22.7. The smallest absolute Gasteiger partial charge is 0.225 e. The molecule has 170 valence electrons. The molecule has 1 unspecified atom stereocenters. The summed E-state index contributed by atoms with van der Waals surface area (Å²) in [7, 11) is 2.00. The largest absolute Gasteiger partial charge is 0.363 e. The Bertz CT molecular complexity index is 972. The molecule has 2 aromatic heterocycles. The van der Waals surface area contributed by atoms with E-state index in [-0.39, 0.29) is 0 Å². The van der Waals surface area contributed by atoms with Crippen LogP contribution in [0, 0.1) is 0 Å². The van der Waals surface area contributed by atoms with Crippen LogP contribution < -0.4 is 4.90 Å². The fraction of sp³-hybridized carbons (Fsp3) is 0.458. The van der Waals surface area contributed by atoms with E-state index in [4.69, 9.17) is 16.3 Å². The van der Waals surface area contributed by atoms with Gasteiger partial charge < -0.3 is 14.2 Å². The number of nitrogens with zero attached hydrogens (tertiary/aromatic N) is 6. The number of anilines is 1. The zero-order valence-corrected chi connectivity index (χ0v) is 19.6. The van der Waals surface area contributed by atoms with Gasteiger partial charge in [-0.3, -0.25) is 4.90 Å². The first-order valence-corrected chi connectivity index (χ1v) is 11.6. The average Bonchev–Trinajstić information content (AvgIpc) is 3.27. The fourth-order valence-electron chi connectivity index (χ4n) is 4.21. The molecular weight excluding hydrogens is 424 g/mol. The second-order valence-electron chi connectivity index (χ2n) is 8.33. The van der Waals surface area contributed by atoms with Crippen molar-refractivity contribution in [2.45, 2.75) is 25.4 Å². The third-order valence-corrected chi connectivity index (χ3v) is 6.36. The van der Waals surface area contributed by atoms with Crippen LogP contribution in [0.4, 0.5) is 5.95 Å². The Morgan fingerprint density at radius 2 is 1.69 bits per heavy atom. The molecule has 3 aromatic rings. The summed E-state index contributed by atoms with van der Waals surface area (Å²) >= 11 is 6.10. The standard InChI is InChI=1S/C24H31ClN6O/c1-24(22-26-12-14-29(22)2,20-6-8-21(25)9-7-20)32-19-4-3-13-30-15-17-31(18-16-30)23-27-10-5-11-28-23/h5-12,14H,3-4,13,15-19H2,1-2H3. The van der Waals surface area contributed by atoms with Crippen LogP contribution in [0.15, 0.2) is 55.1 Å². The molecule has 32 heavy (non-hydrogen) atoms. The molecule has 1 saturated heterocycles. The van der Waals surface area contributed by atoms with Gasteiger partial charge in [0.1, 0.15) is 11.4 Å². The fourth-order valence-corrected chi connectivity index (χ4v) is 4.34. The number of halogens is 1. The lowest BCUT2D eigenvalue weighted by molar-refractivity contribution is -0.0148. The SMILES string of the molecule is Cn1ccnc1C(C)(OCCCCN1CCN(c2ncccn2)CC1)c1ccc(Cl)cc1. The molecule has 0 bridgehead atoms. The molecule has 1 fully saturated rings. The van der Waals surface area contributed by atoms with Gasteiger partial charge in [0.2, 0.25) is 5.95 Å². The number of aromatic nitrogens is 4. The molecule has 1 atom stereocenters. The van der Waals surface area contributed by atoms with Crippen LogP contribution in [-0.4, -0.2) is 63.7 Å². The molecule has 1 aliphatic rings. The highest BCUT2D eigenvalue weighted by molar-refractivity contribution is 6.30. The van der Waals surface area contributed by atoms with Crippen LogP contribution in [-0.2, 0) is 17.4 Å². The highest BCUT2D eigenvalue weighted by Crippen LogP contribution is 2.33. The van der Waals surface area contributed by atoms with E-state index >= 15 is 0 Å². The Morgan fingerprint density at radius 3 is 2.34 bits per heavy atom. The maximum Gasteiger partial charge on any atom is 0.225 e. The van der Waals surface area contributed by atoms with Gasteiger partial charge in [-0.1, -0.05) is 23.7 Å². The second-order valence-corrected chi connectivity index (χ2v) is 8.77.